The molecule has 2 rings (SSSR count). The maximum absolute atomic E-state index is 13.1. The van der Waals surface area contributed by atoms with Gasteiger partial charge in [-0.2, -0.15) is 5.26 Å². The first-order valence-electron chi connectivity index (χ1n) is 8.64. The first kappa shape index (κ1) is 19.6. The minimum absolute atomic E-state index is 0.0618. The van der Waals surface area contributed by atoms with Gasteiger partial charge in [0.05, 0.1) is 0 Å². The van der Waals surface area contributed by atoms with Gasteiger partial charge in [-0.1, -0.05) is 44.2 Å². The molecule has 2 N–H and O–H groups in total. The van der Waals surface area contributed by atoms with Crippen molar-refractivity contribution in [2.75, 3.05) is 6.54 Å². The van der Waals surface area contributed by atoms with E-state index in [0.29, 0.717) is 5.56 Å². The van der Waals surface area contributed by atoms with Crippen LogP contribution in [0.1, 0.15) is 49.9 Å². The second-order valence-electron chi connectivity index (χ2n) is 6.38. The number of nitrogens with two attached hydrogens (primary N) is 1. The summed E-state index contributed by atoms with van der Waals surface area (Å²) in [6.07, 6.45) is 0.129. The number of carbonyl (C=O) groups is 3. The molecule has 2 atom stereocenters. The fraction of sp³-hybridized carbons (Fsp3) is 0.474. The summed E-state index contributed by atoms with van der Waals surface area (Å²) in [5.41, 5.74) is 3.49. The number of hydrogen-bond acceptors (Lipinski definition) is 6. The molecule has 1 fully saturated rings. The van der Waals surface area contributed by atoms with Gasteiger partial charge in [-0.25, -0.2) is 0 Å². The van der Waals surface area contributed by atoms with Gasteiger partial charge in [0.1, 0.15) is 6.07 Å². The molecule has 1 aromatic carbocycles. The number of benzene rings is 1. The van der Waals surface area contributed by atoms with E-state index in [2.05, 4.69) is 0 Å². The van der Waals surface area contributed by atoms with Crippen LogP contribution in [0.3, 0.4) is 0 Å². The zero-order valence-corrected chi connectivity index (χ0v) is 15.0. The Hall–Kier alpha value is -2.72. The number of amides is 1. The van der Waals surface area contributed by atoms with E-state index in [1.807, 2.05) is 6.07 Å². The van der Waals surface area contributed by atoms with Gasteiger partial charge >= 0.3 is 5.97 Å². The largest absolute Gasteiger partial charge is 0.443 e. The lowest BCUT2D eigenvalue weighted by Crippen LogP contribution is -2.70. The van der Waals surface area contributed by atoms with Crippen LogP contribution in [-0.4, -0.2) is 40.4 Å². The van der Waals surface area contributed by atoms with Gasteiger partial charge in [0.25, 0.3) is 0 Å². The zero-order valence-electron chi connectivity index (χ0n) is 15.0. The molecule has 1 aliphatic rings. The summed E-state index contributed by atoms with van der Waals surface area (Å²) in [5.74, 6) is -1.31. The minimum Gasteiger partial charge on any atom is -0.443 e. The molecule has 7 nitrogen and oxygen atoms in total. The Morgan fingerprint density at radius 1 is 1.23 bits per heavy atom. The van der Waals surface area contributed by atoms with E-state index in [9.17, 15) is 19.6 Å². The van der Waals surface area contributed by atoms with Crippen LogP contribution in [0.5, 0.6) is 0 Å². The van der Waals surface area contributed by atoms with Gasteiger partial charge in [0, 0.05) is 37.8 Å². The summed E-state index contributed by atoms with van der Waals surface area (Å²) >= 11 is 0. The molecular formula is C19H23N3O4. The van der Waals surface area contributed by atoms with Crippen molar-refractivity contribution < 1.29 is 19.1 Å². The monoisotopic (exact) mass is 357 g/mol. The molecule has 0 bridgehead atoms. The van der Waals surface area contributed by atoms with Gasteiger partial charge in [0.2, 0.25) is 17.3 Å². The van der Waals surface area contributed by atoms with Crippen molar-refractivity contribution in [2.45, 2.75) is 50.8 Å². The molecule has 2 unspecified atom stereocenters. The highest BCUT2D eigenvalue weighted by Gasteiger charge is 2.55. The van der Waals surface area contributed by atoms with E-state index in [1.165, 1.54) is 4.90 Å². The van der Waals surface area contributed by atoms with Crippen LogP contribution in [0.15, 0.2) is 30.3 Å². The number of nitriles is 1. The molecule has 0 aliphatic carbocycles. The predicted molar refractivity (Wildman–Crippen MR) is 93.7 cm³/mol. The minimum atomic E-state index is -1.75. The van der Waals surface area contributed by atoms with E-state index < -0.39 is 23.0 Å². The Bertz CT molecular complexity index is 743. The van der Waals surface area contributed by atoms with Crippen LogP contribution in [0.25, 0.3) is 0 Å². The van der Waals surface area contributed by atoms with Crippen molar-refractivity contribution in [2.24, 2.45) is 5.73 Å². The standard InChI is InChI=1S/C19H23N3O4/c1-3-15(23)22-11-10-18(13-20,26-16(24)4-2)12-19(22,21)17(25)14-8-6-5-7-9-14/h5-9H,3-4,10-12,21H2,1-2H3. The van der Waals surface area contributed by atoms with Crippen molar-refractivity contribution >= 4 is 17.7 Å². The van der Waals surface area contributed by atoms with Crippen molar-refractivity contribution in [1.29, 1.82) is 5.26 Å². The van der Waals surface area contributed by atoms with Gasteiger partial charge in [-0.3, -0.25) is 14.4 Å². The molecule has 1 amide bonds. The van der Waals surface area contributed by atoms with Gasteiger partial charge in [-0.05, 0) is 0 Å². The highest BCUT2D eigenvalue weighted by Crippen LogP contribution is 2.36. The zero-order chi connectivity index (χ0) is 19.4. The third-order valence-corrected chi connectivity index (χ3v) is 4.61. The Morgan fingerprint density at radius 3 is 2.42 bits per heavy atom. The number of Topliss-reactive ketones (excluding diaryl/α,β-unsaturated/α-hetero) is 1. The molecule has 7 heteroatoms. The molecule has 1 aliphatic heterocycles. The van der Waals surface area contributed by atoms with Crippen LogP contribution in [-0.2, 0) is 14.3 Å². The number of rotatable bonds is 5. The fourth-order valence-corrected chi connectivity index (χ4v) is 3.19. The van der Waals surface area contributed by atoms with Crippen molar-refractivity contribution in [3.05, 3.63) is 35.9 Å². The smallest absolute Gasteiger partial charge is 0.307 e. The van der Waals surface area contributed by atoms with E-state index in [-0.39, 0.29) is 38.1 Å². The predicted octanol–water partition coefficient (Wildman–Crippen LogP) is 1.77. The Morgan fingerprint density at radius 2 is 1.88 bits per heavy atom. The summed E-state index contributed by atoms with van der Waals surface area (Å²) in [6.45, 7) is 3.36. The van der Waals surface area contributed by atoms with Gasteiger partial charge in [0.15, 0.2) is 5.66 Å². The highest BCUT2D eigenvalue weighted by molar-refractivity contribution is 6.05. The first-order chi connectivity index (χ1) is 12.3. The van der Waals surface area contributed by atoms with Crippen molar-refractivity contribution in [3.8, 4) is 6.07 Å². The number of ether oxygens (including phenoxy) is 1. The van der Waals surface area contributed by atoms with Crippen LogP contribution in [0.2, 0.25) is 0 Å². The number of nitrogens with zero attached hydrogens (tertiary/aromatic N) is 2. The molecule has 0 spiro atoms. The quantitative estimate of drug-likeness (QED) is 0.634. The Kier molecular flexibility index (Phi) is 5.78. The number of hydrogen-bond donors (Lipinski definition) is 1. The lowest BCUT2D eigenvalue weighted by molar-refractivity contribution is -0.164. The first-order valence-corrected chi connectivity index (χ1v) is 8.64. The maximum atomic E-state index is 13.1. The summed E-state index contributed by atoms with van der Waals surface area (Å²) in [5, 5.41) is 9.66. The number of likely N-dealkylation sites (tertiary alicyclic amines) is 1. The molecule has 1 saturated heterocycles. The Balaban J connectivity index is 2.46. The molecule has 0 radical (unpaired) electrons. The SMILES string of the molecule is CCC(=O)OC1(C#N)CCN(C(=O)CC)C(N)(C(=O)c2ccccc2)C1. The van der Waals surface area contributed by atoms with Crippen molar-refractivity contribution in [3.63, 3.8) is 0 Å². The lowest BCUT2D eigenvalue weighted by Gasteiger charge is -2.48. The lowest BCUT2D eigenvalue weighted by atomic mass is 9.79. The summed E-state index contributed by atoms with van der Waals surface area (Å²) < 4.78 is 5.35. The van der Waals surface area contributed by atoms with Gasteiger partial charge in [-0.15, -0.1) is 0 Å². The molecule has 1 heterocycles. The summed E-state index contributed by atoms with van der Waals surface area (Å²) in [6, 6.07) is 10.4. The number of carbonyl (C=O) groups excluding carboxylic acids is 3. The van der Waals surface area contributed by atoms with Crippen LogP contribution in [0.4, 0.5) is 0 Å². The van der Waals surface area contributed by atoms with Gasteiger partial charge < -0.3 is 15.4 Å². The van der Waals surface area contributed by atoms with Crippen LogP contribution < -0.4 is 5.73 Å². The maximum Gasteiger partial charge on any atom is 0.307 e. The second-order valence-corrected chi connectivity index (χ2v) is 6.38. The van der Waals surface area contributed by atoms with E-state index in [4.69, 9.17) is 10.5 Å². The number of esters is 1. The third-order valence-electron chi connectivity index (χ3n) is 4.61. The van der Waals surface area contributed by atoms with E-state index in [1.54, 1.807) is 44.2 Å². The molecule has 0 aromatic heterocycles. The fourth-order valence-electron chi connectivity index (χ4n) is 3.19. The summed E-state index contributed by atoms with van der Waals surface area (Å²) in [4.78, 5) is 38.6. The van der Waals surface area contributed by atoms with E-state index >= 15 is 0 Å². The van der Waals surface area contributed by atoms with E-state index in [0.717, 1.165) is 0 Å². The Labute approximate surface area is 152 Å². The normalized spacial score (nSPS) is 25.2. The van der Waals surface area contributed by atoms with Crippen LogP contribution >= 0.6 is 0 Å². The summed E-state index contributed by atoms with van der Waals surface area (Å²) in [7, 11) is 0. The van der Waals surface area contributed by atoms with Crippen LogP contribution in [0, 0.1) is 11.3 Å². The number of piperidine rings is 1. The topological polar surface area (TPSA) is 113 Å². The molecule has 0 saturated carbocycles. The number of ketones is 1. The van der Waals surface area contributed by atoms with Crippen molar-refractivity contribution in [1.82, 2.24) is 4.90 Å². The molecular weight excluding hydrogens is 334 g/mol. The molecule has 26 heavy (non-hydrogen) atoms. The second kappa shape index (κ2) is 7.67. The molecule has 1 aromatic rings. The average Bonchev–Trinajstić information content (AvgIpc) is 2.67. The molecule has 138 valence electrons. The average molecular weight is 357 g/mol. The highest BCUT2D eigenvalue weighted by atomic mass is 16.6. The third kappa shape index (κ3) is 3.60.